The molecule has 2 heterocycles. The van der Waals surface area contributed by atoms with Gasteiger partial charge in [-0.15, -0.1) is 0 Å². The molecule has 2 aliphatic heterocycles. The van der Waals surface area contributed by atoms with Crippen molar-refractivity contribution in [3.8, 4) is 11.5 Å². The van der Waals surface area contributed by atoms with Gasteiger partial charge in [0.1, 0.15) is 13.2 Å². The van der Waals surface area contributed by atoms with E-state index in [-0.39, 0.29) is 23.1 Å². The normalized spacial score (nSPS) is 18.0. The van der Waals surface area contributed by atoms with Crippen LogP contribution < -0.4 is 14.8 Å². The molecule has 0 unspecified atom stereocenters. The van der Waals surface area contributed by atoms with E-state index in [1.165, 1.54) is 0 Å². The van der Waals surface area contributed by atoms with Crippen LogP contribution in [0.1, 0.15) is 33.6 Å². The van der Waals surface area contributed by atoms with Crippen molar-refractivity contribution in [3.05, 3.63) is 18.2 Å². The summed E-state index contributed by atoms with van der Waals surface area (Å²) in [4.78, 5) is 26.7. The van der Waals surface area contributed by atoms with E-state index in [1.807, 2.05) is 37.8 Å². The fourth-order valence-corrected chi connectivity index (χ4v) is 3.18. The number of piperidine rings is 1. The molecule has 1 saturated heterocycles. The van der Waals surface area contributed by atoms with Crippen LogP contribution in [-0.4, -0.2) is 43.0 Å². The van der Waals surface area contributed by atoms with Crippen molar-refractivity contribution in [1.82, 2.24) is 4.90 Å². The zero-order valence-electron chi connectivity index (χ0n) is 15.1. The largest absolute Gasteiger partial charge is 0.486 e. The van der Waals surface area contributed by atoms with E-state index >= 15 is 0 Å². The van der Waals surface area contributed by atoms with E-state index in [1.54, 1.807) is 6.07 Å². The molecule has 136 valence electrons. The molecule has 2 aliphatic rings. The first-order valence-corrected chi connectivity index (χ1v) is 8.84. The number of amides is 2. The van der Waals surface area contributed by atoms with Gasteiger partial charge in [-0.25, -0.2) is 0 Å². The summed E-state index contributed by atoms with van der Waals surface area (Å²) in [6, 6.07) is 5.43. The average molecular weight is 346 g/mol. The van der Waals surface area contributed by atoms with Gasteiger partial charge in [-0.3, -0.25) is 9.59 Å². The number of fused-ring (bicyclic) bond motifs is 1. The van der Waals surface area contributed by atoms with Gasteiger partial charge in [0.15, 0.2) is 11.5 Å². The second kappa shape index (κ2) is 6.94. The highest BCUT2D eigenvalue weighted by molar-refractivity contribution is 5.93. The molecule has 25 heavy (non-hydrogen) atoms. The minimum absolute atomic E-state index is 0.000430. The second-order valence-electron chi connectivity index (χ2n) is 7.66. The van der Waals surface area contributed by atoms with Crippen molar-refractivity contribution in [3.63, 3.8) is 0 Å². The Morgan fingerprint density at radius 2 is 1.72 bits per heavy atom. The van der Waals surface area contributed by atoms with E-state index in [0.29, 0.717) is 56.3 Å². The highest BCUT2D eigenvalue weighted by Crippen LogP contribution is 2.33. The Labute approximate surface area is 148 Å². The third-order valence-corrected chi connectivity index (χ3v) is 4.60. The van der Waals surface area contributed by atoms with E-state index in [2.05, 4.69) is 5.32 Å². The van der Waals surface area contributed by atoms with Crippen LogP contribution in [0.5, 0.6) is 11.5 Å². The number of anilines is 1. The summed E-state index contributed by atoms with van der Waals surface area (Å²) >= 11 is 0. The fraction of sp³-hybridized carbons (Fsp3) is 0.579. The van der Waals surface area contributed by atoms with Gasteiger partial charge in [0.25, 0.3) is 0 Å². The lowest BCUT2D eigenvalue weighted by atomic mass is 9.90. The number of ether oxygens (including phenoxy) is 2. The molecule has 1 aromatic carbocycles. The van der Waals surface area contributed by atoms with Gasteiger partial charge >= 0.3 is 0 Å². The third kappa shape index (κ3) is 4.06. The Balaban J connectivity index is 1.56. The number of carbonyl (C=O) groups is 2. The lowest BCUT2D eigenvalue weighted by Gasteiger charge is -2.35. The second-order valence-corrected chi connectivity index (χ2v) is 7.66. The third-order valence-electron chi connectivity index (χ3n) is 4.60. The van der Waals surface area contributed by atoms with Crippen molar-refractivity contribution >= 4 is 17.5 Å². The van der Waals surface area contributed by atoms with Gasteiger partial charge in [-0.1, -0.05) is 20.8 Å². The Bertz CT molecular complexity index is 658. The quantitative estimate of drug-likeness (QED) is 0.894. The standard InChI is InChI=1S/C19H26N2O4/c1-19(2,3)18(23)21-8-6-13(7-9-21)17(22)20-14-4-5-15-16(12-14)25-11-10-24-15/h4-5,12-13H,6-11H2,1-3H3,(H,20,22). The summed E-state index contributed by atoms with van der Waals surface area (Å²) in [5.41, 5.74) is 0.336. The zero-order chi connectivity index (χ0) is 18.0. The van der Waals surface area contributed by atoms with Crippen LogP contribution in [-0.2, 0) is 9.59 Å². The number of likely N-dealkylation sites (tertiary alicyclic amines) is 1. The van der Waals surface area contributed by atoms with Crippen molar-refractivity contribution in [1.29, 1.82) is 0 Å². The average Bonchev–Trinajstić information content (AvgIpc) is 2.60. The Morgan fingerprint density at radius 1 is 1.08 bits per heavy atom. The maximum Gasteiger partial charge on any atom is 0.227 e. The molecule has 2 amide bonds. The number of carbonyl (C=O) groups excluding carboxylic acids is 2. The van der Waals surface area contributed by atoms with Crippen molar-refractivity contribution in [2.45, 2.75) is 33.6 Å². The Morgan fingerprint density at radius 3 is 2.36 bits per heavy atom. The molecule has 0 saturated carbocycles. The molecule has 6 nitrogen and oxygen atoms in total. The summed E-state index contributed by atoms with van der Waals surface area (Å²) in [7, 11) is 0. The minimum Gasteiger partial charge on any atom is -0.486 e. The zero-order valence-corrected chi connectivity index (χ0v) is 15.1. The van der Waals surface area contributed by atoms with E-state index in [9.17, 15) is 9.59 Å². The summed E-state index contributed by atoms with van der Waals surface area (Å²) in [5, 5.41) is 2.96. The maximum atomic E-state index is 12.5. The first kappa shape index (κ1) is 17.6. The fourth-order valence-electron chi connectivity index (χ4n) is 3.18. The molecule has 0 spiro atoms. The topological polar surface area (TPSA) is 67.9 Å². The smallest absolute Gasteiger partial charge is 0.227 e. The number of hydrogen-bond donors (Lipinski definition) is 1. The predicted octanol–water partition coefficient (Wildman–Crippen LogP) is 2.68. The Kier molecular flexibility index (Phi) is 4.88. The first-order chi connectivity index (χ1) is 11.8. The summed E-state index contributed by atoms with van der Waals surface area (Å²) in [6.07, 6.45) is 1.39. The number of nitrogens with zero attached hydrogens (tertiary/aromatic N) is 1. The van der Waals surface area contributed by atoms with E-state index in [0.717, 1.165) is 0 Å². The van der Waals surface area contributed by atoms with Crippen LogP contribution in [0.15, 0.2) is 18.2 Å². The van der Waals surface area contributed by atoms with Crippen LogP contribution in [0, 0.1) is 11.3 Å². The van der Waals surface area contributed by atoms with Crippen LogP contribution in [0.4, 0.5) is 5.69 Å². The maximum absolute atomic E-state index is 12.5. The summed E-state index contributed by atoms with van der Waals surface area (Å²) in [6.45, 7) is 8.11. The Hall–Kier alpha value is -2.24. The van der Waals surface area contributed by atoms with E-state index < -0.39 is 0 Å². The minimum atomic E-state index is -0.375. The van der Waals surface area contributed by atoms with Crippen molar-refractivity contribution < 1.29 is 19.1 Å². The van der Waals surface area contributed by atoms with Gasteiger partial charge in [0.2, 0.25) is 11.8 Å². The molecular weight excluding hydrogens is 320 g/mol. The number of hydrogen-bond acceptors (Lipinski definition) is 4. The summed E-state index contributed by atoms with van der Waals surface area (Å²) in [5.74, 6) is 1.45. The summed E-state index contributed by atoms with van der Waals surface area (Å²) < 4.78 is 11.0. The van der Waals surface area contributed by atoms with Gasteiger partial charge < -0.3 is 19.7 Å². The van der Waals surface area contributed by atoms with Gasteiger partial charge in [0, 0.05) is 36.2 Å². The molecule has 6 heteroatoms. The molecule has 1 aromatic rings. The number of benzene rings is 1. The molecule has 1 N–H and O–H groups in total. The highest BCUT2D eigenvalue weighted by atomic mass is 16.6. The SMILES string of the molecule is CC(C)(C)C(=O)N1CCC(C(=O)Nc2ccc3c(c2)OCCO3)CC1. The monoisotopic (exact) mass is 346 g/mol. The van der Waals surface area contributed by atoms with Crippen LogP contribution in [0.25, 0.3) is 0 Å². The molecular formula is C19H26N2O4. The first-order valence-electron chi connectivity index (χ1n) is 8.84. The molecule has 3 rings (SSSR count). The number of nitrogens with one attached hydrogen (secondary N) is 1. The molecule has 0 aromatic heterocycles. The lowest BCUT2D eigenvalue weighted by molar-refractivity contribution is -0.142. The molecule has 0 aliphatic carbocycles. The van der Waals surface area contributed by atoms with Gasteiger partial charge in [-0.2, -0.15) is 0 Å². The van der Waals surface area contributed by atoms with Gasteiger partial charge in [0.05, 0.1) is 0 Å². The molecule has 0 bridgehead atoms. The van der Waals surface area contributed by atoms with E-state index in [4.69, 9.17) is 9.47 Å². The molecule has 1 fully saturated rings. The van der Waals surface area contributed by atoms with Crippen LogP contribution >= 0.6 is 0 Å². The van der Waals surface area contributed by atoms with Crippen LogP contribution in [0.2, 0.25) is 0 Å². The molecule has 0 atom stereocenters. The van der Waals surface area contributed by atoms with Crippen LogP contribution in [0.3, 0.4) is 0 Å². The van der Waals surface area contributed by atoms with Crippen molar-refractivity contribution in [2.75, 3.05) is 31.6 Å². The number of rotatable bonds is 2. The van der Waals surface area contributed by atoms with Gasteiger partial charge in [-0.05, 0) is 25.0 Å². The highest BCUT2D eigenvalue weighted by Gasteiger charge is 2.32. The van der Waals surface area contributed by atoms with Crippen molar-refractivity contribution in [2.24, 2.45) is 11.3 Å². The lowest BCUT2D eigenvalue weighted by Crippen LogP contribution is -2.45. The predicted molar refractivity (Wildman–Crippen MR) is 94.8 cm³/mol. The molecule has 0 radical (unpaired) electrons.